The van der Waals surface area contributed by atoms with E-state index in [4.69, 9.17) is 0 Å². The van der Waals surface area contributed by atoms with Gasteiger partial charge in [0.2, 0.25) is 0 Å². The van der Waals surface area contributed by atoms with Gasteiger partial charge in [0.1, 0.15) is 12.1 Å². The molecule has 1 unspecified atom stereocenters. The zero-order chi connectivity index (χ0) is 11.7. The van der Waals surface area contributed by atoms with Gasteiger partial charge in [0.15, 0.2) is 0 Å². The van der Waals surface area contributed by atoms with Gasteiger partial charge in [0.05, 0.1) is 17.8 Å². The molecule has 1 saturated heterocycles. The van der Waals surface area contributed by atoms with Gasteiger partial charge in [-0.25, -0.2) is 4.98 Å². The van der Waals surface area contributed by atoms with E-state index in [1.54, 1.807) is 0 Å². The highest BCUT2D eigenvalue weighted by Gasteiger charge is 2.18. The molecule has 4 heteroatoms. The number of pyridine rings is 1. The summed E-state index contributed by atoms with van der Waals surface area (Å²) in [6.45, 7) is 1.06. The molecule has 1 N–H and O–H groups in total. The summed E-state index contributed by atoms with van der Waals surface area (Å²) in [5.74, 6) is 1.05. The first kappa shape index (κ1) is 10.5. The van der Waals surface area contributed by atoms with Crippen molar-refractivity contribution in [3.8, 4) is 0 Å². The molecule has 17 heavy (non-hydrogen) atoms. The van der Waals surface area contributed by atoms with Crippen molar-refractivity contribution in [3.05, 3.63) is 35.9 Å². The maximum absolute atomic E-state index is 10.7. The SMILES string of the molecule is O=Cc1ccn2c(C3CCCCN3)ncc2c1. The number of piperidine rings is 1. The molecule has 2 aromatic heterocycles. The van der Waals surface area contributed by atoms with E-state index in [9.17, 15) is 4.79 Å². The van der Waals surface area contributed by atoms with Crippen molar-refractivity contribution in [2.75, 3.05) is 6.54 Å². The summed E-state index contributed by atoms with van der Waals surface area (Å²) in [7, 11) is 0. The minimum atomic E-state index is 0.341. The topological polar surface area (TPSA) is 46.4 Å². The molecule has 4 nitrogen and oxygen atoms in total. The number of imidazole rings is 1. The van der Waals surface area contributed by atoms with Crippen molar-refractivity contribution in [2.45, 2.75) is 25.3 Å². The second-order valence-electron chi connectivity index (χ2n) is 4.49. The lowest BCUT2D eigenvalue weighted by atomic mass is 10.0. The third-order valence-corrected chi connectivity index (χ3v) is 3.34. The van der Waals surface area contributed by atoms with Crippen LogP contribution >= 0.6 is 0 Å². The van der Waals surface area contributed by atoms with Crippen molar-refractivity contribution in [1.29, 1.82) is 0 Å². The molecule has 0 radical (unpaired) electrons. The van der Waals surface area contributed by atoms with E-state index >= 15 is 0 Å². The van der Waals surface area contributed by atoms with Crippen molar-refractivity contribution in [2.24, 2.45) is 0 Å². The summed E-state index contributed by atoms with van der Waals surface area (Å²) in [5, 5.41) is 3.49. The molecule has 88 valence electrons. The van der Waals surface area contributed by atoms with Crippen LogP contribution in [-0.4, -0.2) is 22.2 Å². The van der Waals surface area contributed by atoms with E-state index in [0.717, 1.165) is 30.6 Å². The van der Waals surface area contributed by atoms with Crippen molar-refractivity contribution in [3.63, 3.8) is 0 Å². The number of carbonyl (C=O) groups excluding carboxylic acids is 1. The Labute approximate surface area is 99.7 Å². The molecular formula is C13H15N3O. The van der Waals surface area contributed by atoms with Crippen LogP contribution in [0.1, 0.15) is 41.5 Å². The lowest BCUT2D eigenvalue weighted by molar-refractivity contribution is 0.112. The van der Waals surface area contributed by atoms with Crippen molar-refractivity contribution >= 4 is 11.8 Å². The average molecular weight is 229 g/mol. The van der Waals surface area contributed by atoms with Crippen LogP contribution in [0.4, 0.5) is 0 Å². The Balaban J connectivity index is 2.02. The summed E-state index contributed by atoms with van der Waals surface area (Å²) in [6.07, 6.45) is 8.25. The highest BCUT2D eigenvalue weighted by molar-refractivity contribution is 5.77. The van der Waals surface area contributed by atoms with E-state index in [0.29, 0.717) is 11.6 Å². The zero-order valence-electron chi connectivity index (χ0n) is 9.60. The first-order valence-electron chi connectivity index (χ1n) is 6.04. The van der Waals surface area contributed by atoms with Gasteiger partial charge in [0, 0.05) is 11.8 Å². The van der Waals surface area contributed by atoms with Crippen molar-refractivity contribution < 1.29 is 4.79 Å². The fourth-order valence-corrected chi connectivity index (χ4v) is 2.44. The maximum Gasteiger partial charge on any atom is 0.150 e. The minimum absolute atomic E-state index is 0.341. The molecule has 3 heterocycles. The monoisotopic (exact) mass is 229 g/mol. The van der Waals surface area contributed by atoms with Gasteiger partial charge in [-0.15, -0.1) is 0 Å². The van der Waals surface area contributed by atoms with Crippen LogP contribution in [0.5, 0.6) is 0 Å². The smallest absolute Gasteiger partial charge is 0.150 e. The second kappa shape index (κ2) is 4.30. The number of nitrogens with one attached hydrogen (secondary N) is 1. The predicted molar refractivity (Wildman–Crippen MR) is 65.2 cm³/mol. The summed E-state index contributed by atoms with van der Waals surface area (Å²) < 4.78 is 2.07. The summed E-state index contributed by atoms with van der Waals surface area (Å²) >= 11 is 0. The maximum atomic E-state index is 10.7. The Kier molecular flexibility index (Phi) is 2.65. The Morgan fingerprint density at radius 1 is 1.47 bits per heavy atom. The van der Waals surface area contributed by atoms with E-state index in [2.05, 4.69) is 14.7 Å². The number of carbonyl (C=O) groups is 1. The predicted octanol–water partition coefficient (Wildman–Crippen LogP) is 1.96. The number of aromatic nitrogens is 2. The lowest BCUT2D eigenvalue weighted by Crippen LogP contribution is -2.28. The number of rotatable bonds is 2. The van der Waals surface area contributed by atoms with Gasteiger partial charge >= 0.3 is 0 Å². The Morgan fingerprint density at radius 3 is 3.18 bits per heavy atom. The van der Waals surface area contributed by atoms with Gasteiger partial charge in [0.25, 0.3) is 0 Å². The van der Waals surface area contributed by atoms with Crippen LogP contribution < -0.4 is 5.32 Å². The quantitative estimate of drug-likeness (QED) is 0.801. The summed E-state index contributed by atoms with van der Waals surface area (Å²) in [4.78, 5) is 15.2. The number of fused-ring (bicyclic) bond motifs is 1. The van der Waals surface area contributed by atoms with Crippen LogP contribution in [0.15, 0.2) is 24.5 Å². The molecule has 2 aromatic rings. The first-order chi connectivity index (χ1) is 8.38. The van der Waals surface area contributed by atoms with Gasteiger partial charge in [-0.1, -0.05) is 6.42 Å². The number of nitrogens with zero attached hydrogens (tertiary/aromatic N) is 2. The van der Waals surface area contributed by atoms with E-state index in [1.807, 2.05) is 24.5 Å². The summed E-state index contributed by atoms with van der Waals surface area (Å²) in [5.41, 5.74) is 1.68. The number of aldehydes is 1. The third-order valence-electron chi connectivity index (χ3n) is 3.34. The highest BCUT2D eigenvalue weighted by Crippen LogP contribution is 2.22. The molecule has 1 atom stereocenters. The Bertz CT molecular complexity index is 541. The van der Waals surface area contributed by atoms with Crippen LogP contribution in [0.3, 0.4) is 0 Å². The molecule has 3 rings (SSSR count). The summed E-state index contributed by atoms with van der Waals surface area (Å²) in [6, 6.07) is 4.04. The lowest BCUT2D eigenvalue weighted by Gasteiger charge is -2.22. The molecular weight excluding hydrogens is 214 g/mol. The van der Waals surface area contributed by atoms with Crippen LogP contribution in [-0.2, 0) is 0 Å². The second-order valence-corrected chi connectivity index (χ2v) is 4.49. The Hall–Kier alpha value is -1.68. The molecule has 0 spiro atoms. The molecule has 0 saturated carbocycles. The van der Waals surface area contributed by atoms with Gasteiger partial charge in [-0.3, -0.25) is 4.79 Å². The molecule has 1 aliphatic heterocycles. The average Bonchev–Trinajstić information content (AvgIpc) is 2.82. The minimum Gasteiger partial charge on any atom is -0.307 e. The third kappa shape index (κ3) is 1.85. The molecule has 0 amide bonds. The number of hydrogen-bond acceptors (Lipinski definition) is 3. The van der Waals surface area contributed by atoms with E-state index in [1.165, 1.54) is 12.8 Å². The van der Waals surface area contributed by atoms with Crippen LogP contribution in [0.25, 0.3) is 5.52 Å². The molecule has 1 aliphatic rings. The highest BCUT2D eigenvalue weighted by atomic mass is 16.1. The largest absolute Gasteiger partial charge is 0.307 e. The van der Waals surface area contributed by atoms with Gasteiger partial charge < -0.3 is 9.72 Å². The fourth-order valence-electron chi connectivity index (χ4n) is 2.44. The standard InChI is InChI=1S/C13H15N3O/c17-9-10-4-6-16-11(7-10)8-15-13(16)12-3-1-2-5-14-12/h4,6-9,12,14H,1-3,5H2. The zero-order valence-corrected chi connectivity index (χ0v) is 9.60. The normalized spacial score (nSPS) is 20.6. The van der Waals surface area contributed by atoms with Gasteiger partial charge in [-0.05, 0) is 31.5 Å². The molecule has 1 fully saturated rings. The van der Waals surface area contributed by atoms with Crippen molar-refractivity contribution in [1.82, 2.24) is 14.7 Å². The fraction of sp³-hybridized carbons (Fsp3) is 0.385. The van der Waals surface area contributed by atoms with E-state index < -0.39 is 0 Å². The Morgan fingerprint density at radius 2 is 2.41 bits per heavy atom. The molecule has 0 aliphatic carbocycles. The van der Waals surface area contributed by atoms with Crippen LogP contribution in [0.2, 0.25) is 0 Å². The first-order valence-corrected chi connectivity index (χ1v) is 6.04. The molecule has 0 aromatic carbocycles. The van der Waals surface area contributed by atoms with Gasteiger partial charge in [-0.2, -0.15) is 0 Å². The number of hydrogen-bond donors (Lipinski definition) is 1. The van der Waals surface area contributed by atoms with E-state index in [-0.39, 0.29) is 0 Å². The van der Waals surface area contributed by atoms with Crippen LogP contribution in [0, 0.1) is 0 Å². The molecule has 0 bridgehead atoms.